The summed E-state index contributed by atoms with van der Waals surface area (Å²) in [6, 6.07) is 8.41. The number of aryl methyl sites for hydroxylation is 1. The van der Waals surface area contributed by atoms with E-state index in [4.69, 9.17) is 0 Å². The van der Waals surface area contributed by atoms with Gasteiger partial charge >= 0.3 is 0 Å². The molecule has 1 fully saturated rings. The number of anilines is 1. The third-order valence-electron chi connectivity index (χ3n) is 4.29. The van der Waals surface area contributed by atoms with Crippen LogP contribution in [0, 0.1) is 18.8 Å². The summed E-state index contributed by atoms with van der Waals surface area (Å²) in [6.45, 7) is 14.1. The van der Waals surface area contributed by atoms with Crippen molar-refractivity contribution in [2.24, 2.45) is 11.8 Å². The molecular formula is C24H41NOS. The fourth-order valence-corrected chi connectivity index (χ4v) is 2.39. The number of carbonyl (C=O) groups is 1. The van der Waals surface area contributed by atoms with Crippen LogP contribution in [0.2, 0.25) is 0 Å². The van der Waals surface area contributed by atoms with Gasteiger partial charge in [0.05, 0.1) is 0 Å². The first-order valence-electron chi connectivity index (χ1n) is 9.86. The molecule has 1 saturated carbocycles. The average molecular weight is 392 g/mol. The van der Waals surface area contributed by atoms with Gasteiger partial charge in [0.25, 0.3) is 0 Å². The van der Waals surface area contributed by atoms with E-state index in [1.807, 2.05) is 45.7 Å². The zero-order chi connectivity index (χ0) is 21.2. The SMILES string of the molecule is C=C/C=C\N(C)c1ccc(C)cc1.CC.CC1CCC(=O)C[C@@H]1C.CSC. The number of ketones is 1. The molecule has 154 valence electrons. The Kier molecular flexibility index (Phi) is 18.4. The average Bonchev–Trinajstić information content (AvgIpc) is 2.66. The van der Waals surface area contributed by atoms with Gasteiger partial charge in [-0.25, -0.2) is 0 Å². The molecule has 0 bridgehead atoms. The lowest BCUT2D eigenvalue weighted by atomic mass is 9.81. The van der Waals surface area contributed by atoms with E-state index in [9.17, 15) is 4.79 Å². The highest BCUT2D eigenvalue weighted by Crippen LogP contribution is 2.26. The molecule has 1 aliphatic carbocycles. The Balaban J connectivity index is 0. The molecule has 1 aliphatic rings. The van der Waals surface area contributed by atoms with Crippen LogP contribution in [-0.2, 0) is 4.79 Å². The largest absolute Gasteiger partial charge is 0.351 e. The monoisotopic (exact) mass is 391 g/mol. The Labute approximate surface area is 173 Å². The topological polar surface area (TPSA) is 20.3 Å². The second-order valence-corrected chi connectivity index (χ2v) is 7.48. The van der Waals surface area contributed by atoms with Gasteiger partial charge < -0.3 is 4.90 Å². The third-order valence-corrected chi connectivity index (χ3v) is 4.29. The van der Waals surface area contributed by atoms with Crippen molar-refractivity contribution >= 4 is 23.2 Å². The summed E-state index contributed by atoms with van der Waals surface area (Å²) in [5.74, 6) is 1.86. The molecule has 0 amide bonds. The summed E-state index contributed by atoms with van der Waals surface area (Å²) in [6.07, 6.45) is 12.5. The van der Waals surface area contributed by atoms with Gasteiger partial charge in [-0.2, -0.15) is 11.8 Å². The normalized spacial score (nSPS) is 18.1. The fourth-order valence-electron chi connectivity index (χ4n) is 2.39. The van der Waals surface area contributed by atoms with Crippen LogP contribution < -0.4 is 4.90 Å². The lowest BCUT2D eigenvalue weighted by Gasteiger charge is -2.23. The Morgan fingerprint density at radius 1 is 1.11 bits per heavy atom. The van der Waals surface area contributed by atoms with Gasteiger partial charge in [0.1, 0.15) is 5.78 Å². The molecule has 0 spiro atoms. The zero-order valence-electron chi connectivity index (χ0n) is 18.8. The highest BCUT2D eigenvalue weighted by atomic mass is 32.2. The number of benzene rings is 1. The lowest BCUT2D eigenvalue weighted by Crippen LogP contribution is -2.19. The summed E-state index contributed by atoms with van der Waals surface area (Å²) in [5.41, 5.74) is 2.47. The number of nitrogens with zero attached hydrogens (tertiary/aromatic N) is 1. The first-order valence-corrected chi connectivity index (χ1v) is 11.5. The second-order valence-electron chi connectivity index (χ2n) is 6.67. The molecule has 3 heteroatoms. The molecule has 1 aromatic carbocycles. The van der Waals surface area contributed by atoms with Gasteiger partial charge in [-0.3, -0.25) is 4.79 Å². The van der Waals surface area contributed by atoms with E-state index in [1.165, 1.54) is 11.3 Å². The van der Waals surface area contributed by atoms with Crippen LogP contribution in [0.5, 0.6) is 0 Å². The van der Waals surface area contributed by atoms with E-state index >= 15 is 0 Å². The molecule has 0 N–H and O–H groups in total. The maximum Gasteiger partial charge on any atom is 0.133 e. The quantitative estimate of drug-likeness (QED) is 0.510. The highest BCUT2D eigenvalue weighted by Gasteiger charge is 2.21. The van der Waals surface area contributed by atoms with Gasteiger partial charge in [0.2, 0.25) is 0 Å². The summed E-state index contributed by atoms with van der Waals surface area (Å²) in [4.78, 5) is 12.9. The molecule has 2 nitrogen and oxygen atoms in total. The van der Waals surface area contributed by atoms with Crippen molar-refractivity contribution in [3.05, 3.63) is 54.8 Å². The standard InChI is InChI=1S/C12H15N.C8H14O.C2H6S.C2H6/c1-4-5-10-13(3)12-8-6-11(2)7-9-12;1-6-3-4-8(9)5-7(6)2;1-3-2;1-2/h4-10H,1H2,2-3H3;6-7H,3-5H2,1-2H3;1-2H3;1-2H3/b10-5-;;;/t;6?,7-;;/m.0../s1. The number of thioether (sulfide) groups is 1. The molecule has 0 radical (unpaired) electrons. The van der Waals surface area contributed by atoms with Crippen molar-refractivity contribution in [2.75, 3.05) is 24.5 Å². The fraction of sp³-hybridized carbons (Fsp3) is 0.542. The first-order chi connectivity index (χ1) is 12.8. The molecule has 0 heterocycles. The Bertz CT molecular complexity index is 522. The minimum absolute atomic E-state index is 0.459. The maximum atomic E-state index is 10.8. The molecule has 0 saturated heterocycles. The van der Waals surface area contributed by atoms with Crippen molar-refractivity contribution in [1.82, 2.24) is 0 Å². The molecular weight excluding hydrogens is 350 g/mol. The minimum Gasteiger partial charge on any atom is -0.351 e. The van der Waals surface area contributed by atoms with E-state index in [-0.39, 0.29) is 0 Å². The third kappa shape index (κ3) is 14.3. The Hall–Kier alpha value is -1.48. The molecule has 0 aliphatic heterocycles. The summed E-state index contributed by atoms with van der Waals surface area (Å²) < 4.78 is 0. The lowest BCUT2D eigenvalue weighted by molar-refractivity contribution is -0.122. The molecule has 2 rings (SSSR count). The van der Waals surface area contributed by atoms with Gasteiger partial charge in [-0.05, 0) is 55.9 Å². The van der Waals surface area contributed by atoms with Crippen LogP contribution >= 0.6 is 11.8 Å². The summed E-state index contributed by atoms with van der Waals surface area (Å²) in [7, 11) is 2.02. The van der Waals surface area contributed by atoms with Crippen molar-refractivity contribution in [1.29, 1.82) is 0 Å². The van der Waals surface area contributed by atoms with Gasteiger partial charge in [-0.1, -0.05) is 58.0 Å². The van der Waals surface area contributed by atoms with E-state index in [0.717, 1.165) is 25.2 Å². The van der Waals surface area contributed by atoms with Crippen molar-refractivity contribution in [3.63, 3.8) is 0 Å². The number of carbonyl (C=O) groups excluding carboxylic acids is 1. The van der Waals surface area contributed by atoms with Crippen LogP contribution in [0.3, 0.4) is 0 Å². The van der Waals surface area contributed by atoms with Gasteiger partial charge in [-0.15, -0.1) is 0 Å². The van der Waals surface area contributed by atoms with E-state index in [2.05, 4.69) is 56.5 Å². The Morgan fingerprint density at radius 2 is 1.63 bits per heavy atom. The highest BCUT2D eigenvalue weighted by molar-refractivity contribution is 7.97. The maximum absolute atomic E-state index is 10.8. The van der Waals surface area contributed by atoms with Crippen LogP contribution in [0.1, 0.15) is 52.5 Å². The van der Waals surface area contributed by atoms with Crippen LogP contribution in [0.4, 0.5) is 5.69 Å². The predicted molar refractivity (Wildman–Crippen MR) is 127 cm³/mol. The number of Topliss-reactive ketones (excluding diaryl/α,β-unsaturated/α-hetero) is 1. The Morgan fingerprint density at radius 3 is 2.04 bits per heavy atom. The minimum atomic E-state index is 0.459. The number of allylic oxidation sites excluding steroid dienone is 2. The summed E-state index contributed by atoms with van der Waals surface area (Å²) in [5, 5.41) is 0. The smallest absolute Gasteiger partial charge is 0.133 e. The van der Waals surface area contributed by atoms with Crippen molar-refractivity contribution in [3.8, 4) is 0 Å². The van der Waals surface area contributed by atoms with Gasteiger partial charge in [0.15, 0.2) is 0 Å². The summed E-state index contributed by atoms with van der Waals surface area (Å²) >= 11 is 1.75. The molecule has 1 aromatic rings. The van der Waals surface area contributed by atoms with Crippen molar-refractivity contribution in [2.45, 2.75) is 53.9 Å². The van der Waals surface area contributed by atoms with E-state index in [0.29, 0.717) is 11.7 Å². The number of hydrogen-bond acceptors (Lipinski definition) is 3. The number of hydrogen-bond donors (Lipinski definition) is 0. The zero-order valence-corrected chi connectivity index (χ0v) is 19.6. The van der Waals surface area contributed by atoms with Crippen LogP contribution in [-0.4, -0.2) is 25.3 Å². The first kappa shape index (κ1) is 27.7. The van der Waals surface area contributed by atoms with Gasteiger partial charge in [0, 0.05) is 31.8 Å². The van der Waals surface area contributed by atoms with Crippen LogP contribution in [0.15, 0.2) is 49.2 Å². The van der Waals surface area contributed by atoms with Crippen LogP contribution in [0.25, 0.3) is 0 Å². The molecule has 27 heavy (non-hydrogen) atoms. The number of rotatable bonds is 3. The molecule has 1 unspecified atom stereocenters. The van der Waals surface area contributed by atoms with E-state index in [1.54, 1.807) is 17.8 Å². The second kappa shape index (κ2) is 17.9. The molecule has 2 atom stereocenters. The van der Waals surface area contributed by atoms with E-state index < -0.39 is 0 Å². The van der Waals surface area contributed by atoms with Crippen molar-refractivity contribution < 1.29 is 4.79 Å². The predicted octanol–water partition coefficient (Wildman–Crippen LogP) is 7.15. The molecule has 0 aromatic heterocycles.